The van der Waals surface area contributed by atoms with Crippen LogP contribution in [0, 0.1) is 5.82 Å². The average molecular weight is 339 g/mol. The summed E-state index contributed by atoms with van der Waals surface area (Å²) >= 11 is 11.9. The van der Waals surface area contributed by atoms with Gasteiger partial charge >= 0.3 is 0 Å². The third-order valence-corrected chi connectivity index (χ3v) is 3.64. The van der Waals surface area contributed by atoms with E-state index < -0.39 is 0 Å². The van der Waals surface area contributed by atoms with Crippen LogP contribution < -0.4 is 4.74 Å². The van der Waals surface area contributed by atoms with Crippen LogP contribution >= 0.6 is 23.2 Å². The van der Waals surface area contributed by atoms with Crippen LogP contribution in [0.2, 0.25) is 10.0 Å². The predicted octanol–water partition coefficient (Wildman–Crippen LogP) is 4.76. The van der Waals surface area contributed by atoms with Gasteiger partial charge in [-0.3, -0.25) is 0 Å². The Labute approximate surface area is 135 Å². The summed E-state index contributed by atoms with van der Waals surface area (Å²) in [6, 6.07) is 10.9. The van der Waals surface area contributed by atoms with Crippen molar-refractivity contribution in [3.05, 3.63) is 64.2 Å². The number of halogens is 3. The van der Waals surface area contributed by atoms with Gasteiger partial charge in [0.25, 0.3) is 5.89 Å². The van der Waals surface area contributed by atoms with Gasteiger partial charge in [-0.1, -0.05) is 34.4 Å². The lowest BCUT2D eigenvalue weighted by atomic mass is 10.2. The van der Waals surface area contributed by atoms with Gasteiger partial charge in [-0.15, -0.1) is 0 Å². The van der Waals surface area contributed by atoms with Gasteiger partial charge in [0, 0.05) is 5.56 Å². The zero-order valence-corrected chi connectivity index (χ0v) is 12.6. The summed E-state index contributed by atoms with van der Waals surface area (Å²) in [5.74, 6) is 0.730. The summed E-state index contributed by atoms with van der Waals surface area (Å²) in [6.07, 6.45) is 0. The van der Waals surface area contributed by atoms with Crippen molar-refractivity contribution in [2.45, 2.75) is 6.61 Å². The third kappa shape index (κ3) is 3.21. The first-order valence-corrected chi connectivity index (χ1v) is 7.04. The monoisotopic (exact) mass is 338 g/mol. The van der Waals surface area contributed by atoms with Gasteiger partial charge in [-0.2, -0.15) is 4.98 Å². The molecule has 0 saturated heterocycles. The van der Waals surface area contributed by atoms with E-state index in [0.717, 1.165) is 0 Å². The molecule has 112 valence electrons. The minimum atomic E-state index is -0.327. The van der Waals surface area contributed by atoms with Gasteiger partial charge in [-0.25, -0.2) is 4.39 Å². The Hall–Kier alpha value is -2.11. The molecule has 0 aliphatic carbocycles. The van der Waals surface area contributed by atoms with E-state index in [-0.39, 0.29) is 18.3 Å². The van der Waals surface area contributed by atoms with Crippen molar-refractivity contribution in [2.75, 3.05) is 0 Å². The first-order valence-electron chi connectivity index (χ1n) is 6.29. The summed E-state index contributed by atoms with van der Waals surface area (Å²) in [5.41, 5.74) is 0.650. The Kier molecular flexibility index (Phi) is 4.27. The zero-order chi connectivity index (χ0) is 15.5. The predicted molar refractivity (Wildman–Crippen MR) is 80.5 cm³/mol. The van der Waals surface area contributed by atoms with Gasteiger partial charge in [0.2, 0.25) is 5.82 Å². The molecule has 0 amide bonds. The molecule has 0 atom stereocenters. The average Bonchev–Trinajstić information content (AvgIpc) is 2.98. The standard InChI is InChI=1S/C15H9Cl2FN2O2/c16-11-2-1-3-12(14(11)17)21-8-13-19-15(20-22-13)9-4-6-10(18)7-5-9/h1-7H,8H2. The van der Waals surface area contributed by atoms with Gasteiger partial charge in [0.15, 0.2) is 6.61 Å². The Morgan fingerprint density at radius 1 is 1.09 bits per heavy atom. The molecule has 0 aliphatic heterocycles. The van der Waals surface area contributed by atoms with Crippen molar-refractivity contribution in [3.8, 4) is 17.1 Å². The van der Waals surface area contributed by atoms with E-state index >= 15 is 0 Å². The molecule has 1 heterocycles. The molecule has 0 aliphatic rings. The van der Waals surface area contributed by atoms with Crippen LogP contribution in [0.5, 0.6) is 5.75 Å². The van der Waals surface area contributed by atoms with E-state index in [1.54, 1.807) is 30.3 Å². The molecule has 0 radical (unpaired) electrons. The van der Waals surface area contributed by atoms with Crippen LogP contribution in [0.3, 0.4) is 0 Å². The molecular formula is C15H9Cl2FN2O2. The lowest BCUT2D eigenvalue weighted by Crippen LogP contribution is -1.96. The van der Waals surface area contributed by atoms with E-state index in [1.807, 2.05) is 0 Å². The van der Waals surface area contributed by atoms with Crippen LogP contribution in [-0.4, -0.2) is 10.1 Å². The molecule has 0 saturated carbocycles. The Morgan fingerprint density at radius 2 is 1.86 bits per heavy atom. The van der Waals surface area contributed by atoms with Crippen LogP contribution in [0.25, 0.3) is 11.4 Å². The molecular weight excluding hydrogens is 330 g/mol. The second-order valence-corrected chi connectivity index (χ2v) is 5.14. The molecule has 0 unspecified atom stereocenters. The maximum absolute atomic E-state index is 12.9. The summed E-state index contributed by atoms with van der Waals surface area (Å²) in [6.45, 7) is 0.0499. The maximum Gasteiger partial charge on any atom is 0.264 e. The van der Waals surface area contributed by atoms with Crippen molar-refractivity contribution < 1.29 is 13.7 Å². The van der Waals surface area contributed by atoms with Gasteiger partial charge < -0.3 is 9.26 Å². The maximum atomic E-state index is 12.9. The van der Waals surface area contributed by atoms with Crippen LogP contribution in [0.15, 0.2) is 47.0 Å². The first-order chi connectivity index (χ1) is 10.6. The van der Waals surface area contributed by atoms with Crippen LogP contribution in [-0.2, 0) is 6.61 Å². The molecule has 2 aromatic carbocycles. The lowest BCUT2D eigenvalue weighted by molar-refractivity contribution is 0.243. The van der Waals surface area contributed by atoms with Crippen molar-refractivity contribution >= 4 is 23.2 Å². The van der Waals surface area contributed by atoms with E-state index in [0.29, 0.717) is 27.2 Å². The molecule has 3 aromatic rings. The SMILES string of the molecule is Fc1ccc(-c2noc(COc3cccc(Cl)c3Cl)n2)cc1. The van der Waals surface area contributed by atoms with E-state index in [2.05, 4.69) is 10.1 Å². The molecule has 0 spiro atoms. The topological polar surface area (TPSA) is 48.2 Å². The molecule has 22 heavy (non-hydrogen) atoms. The highest BCUT2D eigenvalue weighted by Crippen LogP contribution is 2.31. The van der Waals surface area contributed by atoms with Crippen LogP contribution in [0.4, 0.5) is 4.39 Å². The summed E-state index contributed by atoms with van der Waals surface area (Å²) in [7, 11) is 0. The molecule has 1 aromatic heterocycles. The van der Waals surface area contributed by atoms with Gasteiger partial charge in [0.05, 0.1) is 5.02 Å². The minimum Gasteiger partial charge on any atom is -0.482 e. The fourth-order valence-electron chi connectivity index (χ4n) is 1.76. The number of rotatable bonds is 4. The second kappa shape index (κ2) is 6.34. The number of aromatic nitrogens is 2. The highest BCUT2D eigenvalue weighted by molar-refractivity contribution is 6.42. The number of hydrogen-bond donors (Lipinski definition) is 0. The molecule has 7 heteroatoms. The van der Waals surface area contributed by atoms with E-state index in [1.165, 1.54) is 12.1 Å². The highest BCUT2D eigenvalue weighted by Gasteiger charge is 2.11. The van der Waals surface area contributed by atoms with E-state index in [4.69, 9.17) is 32.5 Å². The van der Waals surface area contributed by atoms with Crippen molar-refractivity contribution in [3.63, 3.8) is 0 Å². The Balaban J connectivity index is 1.72. The fourth-order valence-corrected chi connectivity index (χ4v) is 2.11. The first kappa shape index (κ1) is 14.8. The Bertz CT molecular complexity index is 790. The van der Waals surface area contributed by atoms with Gasteiger partial charge in [-0.05, 0) is 36.4 Å². The molecule has 0 bridgehead atoms. The minimum absolute atomic E-state index is 0.0499. The smallest absolute Gasteiger partial charge is 0.264 e. The molecule has 0 fully saturated rings. The van der Waals surface area contributed by atoms with Gasteiger partial charge in [0.1, 0.15) is 16.6 Å². The number of ether oxygens (including phenoxy) is 1. The third-order valence-electron chi connectivity index (χ3n) is 2.84. The number of nitrogens with zero attached hydrogens (tertiary/aromatic N) is 2. The summed E-state index contributed by atoms with van der Waals surface area (Å²) < 4.78 is 23.5. The molecule has 4 nitrogen and oxygen atoms in total. The second-order valence-electron chi connectivity index (χ2n) is 4.36. The fraction of sp³-hybridized carbons (Fsp3) is 0.0667. The van der Waals surface area contributed by atoms with Crippen molar-refractivity contribution in [1.29, 1.82) is 0 Å². The Morgan fingerprint density at radius 3 is 2.64 bits per heavy atom. The number of benzene rings is 2. The molecule has 3 rings (SSSR count). The number of hydrogen-bond acceptors (Lipinski definition) is 4. The van der Waals surface area contributed by atoms with Crippen molar-refractivity contribution in [1.82, 2.24) is 10.1 Å². The quantitative estimate of drug-likeness (QED) is 0.687. The van der Waals surface area contributed by atoms with Crippen molar-refractivity contribution in [2.24, 2.45) is 0 Å². The normalized spacial score (nSPS) is 10.7. The zero-order valence-electron chi connectivity index (χ0n) is 11.1. The summed E-state index contributed by atoms with van der Waals surface area (Å²) in [5, 5.41) is 4.54. The highest BCUT2D eigenvalue weighted by atomic mass is 35.5. The summed E-state index contributed by atoms with van der Waals surface area (Å²) in [4.78, 5) is 4.18. The largest absolute Gasteiger partial charge is 0.482 e. The lowest BCUT2D eigenvalue weighted by Gasteiger charge is -2.05. The molecule has 0 N–H and O–H groups in total. The van der Waals surface area contributed by atoms with Crippen LogP contribution in [0.1, 0.15) is 5.89 Å². The van der Waals surface area contributed by atoms with E-state index in [9.17, 15) is 4.39 Å².